The van der Waals surface area contributed by atoms with Crippen molar-refractivity contribution in [3.8, 4) is 5.75 Å². The number of carbonyl (C=O) groups excluding carboxylic acids is 1. The summed E-state index contributed by atoms with van der Waals surface area (Å²) in [5.74, 6) is 0.441. The van der Waals surface area contributed by atoms with Gasteiger partial charge in [0, 0.05) is 5.56 Å². The highest BCUT2D eigenvalue weighted by Crippen LogP contribution is 2.33. The smallest absolute Gasteiger partial charge is 0.162 e. The number of ketones is 1. The van der Waals surface area contributed by atoms with Crippen LogP contribution in [0.25, 0.3) is 0 Å². The average molecular weight is 244 g/mol. The molecule has 0 unspecified atom stereocenters. The molecule has 0 fully saturated rings. The molecule has 70 valence electrons. The summed E-state index contributed by atoms with van der Waals surface area (Å²) < 4.78 is 5.79. The maximum atomic E-state index is 11.1. The molecule has 1 aromatic rings. The van der Waals surface area contributed by atoms with E-state index < -0.39 is 0 Å². The lowest BCUT2D eigenvalue weighted by Crippen LogP contribution is -2.02. The van der Waals surface area contributed by atoms with Crippen molar-refractivity contribution in [3.63, 3.8) is 0 Å². The van der Waals surface area contributed by atoms with E-state index in [0.717, 1.165) is 4.47 Å². The van der Waals surface area contributed by atoms with Crippen LogP contribution in [0.2, 0.25) is 0 Å². The van der Waals surface area contributed by atoms with E-state index in [4.69, 9.17) is 10.5 Å². The van der Waals surface area contributed by atoms with Gasteiger partial charge < -0.3 is 10.5 Å². The normalized spacial score (nSPS) is 9.77. The number of nitrogens with two attached hydrogens (primary N) is 1. The Kier molecular flexibility index (Phi) is 2.93. The van der Waals surface area contributed by atoms with Gasteiger partial charge in [0.1, 0.15) is 0 Å². The molecule has 0 heterocycles. The maximum absolute atomic E-state index is 11.1. The van der Waals surface area contributed by atoms with Crippen LogP contribution in [-0.4, -0.2) is 12.9 Å². The van der Waals surface area contributed by atoms with Gasteiger partial charge >= 0.3 is 0 Å². The highest BCUT2D eigenvalue weighted by Gasteiger charge is 2.12. The molecule has 0 radical (unpaired) electrons. The van der Waals surface area contributed by atoms with Gasteiger partial charge in [-0.2, -0.15) is 0 Å². The van der Waals surface area contributed by atoms with E-state index in [-0.39, 0.29) is 5.78 Å². The first-order chi connectivity index (χ1) is 6.07. The van der Waals surface area contributed by atoms with E-state index in [1.807, 2.05) is 0 Å². The summed E-state index contributed by atoms with van der Waals surface area (Å²) >= 11 is 3.27. The Morgan fingerprint density at radius 2 is 2.15 bits per heavy atom. The summed E-state index contributed by atoms with van der Waals surface area (Å²) in [6.07, 6.45) is 0. The van der Waals surface area contributed by atoms with Gasteiger partial charge in [-0.15, -0.1) is 0 Å². The van der Waals surface area contributed by atoms with Gasteiger partial charge in [-0.25, -0.2) is 0 Å². The Hall–Kier alpha value is -1.03. The van der Waals surface area contributed by atoms with Crippen LogP contribution < -0.4 is 10.5 Å². The second-order valence-corrected chi connectivity index (χ2v) is 3.45. The van der Waals surface area contributed by atoms with Gasteiger partial charge in [0.15, 0.2) is 11.5 Å². The van der Waals surface area contributed by atoms with Crippen LogP contribution in [0.4, 0.5) is 5.69 Å². The van der Waals surface area contributed by atoms with Gasteiger partial charge in [-0.05, 0) is 35.0 Å². The van der Waals surface area contributed by atoms with E-state index in [2.05, 4.69) is 15.9 Å². The number of hydrogen-bond acceptors (Lipinski definition) is 3. The molecule has 0 saturated carbocycles. The van der Waals surface area contributed by atoms with Crippen LogP contribution in [0.5, 0.6) is 5.75 Å². The summed E-state index contributed by atoms with van der Waals surface area (Å²) in [7, 11) is 1.51. The minimum Gasteiger partial charge on any atom is -0.493 e. The van der Waals surface area contributed by atoms with Crippen molar-refractivity contribution in [1.29, 1.82) is 0 Å². The zero-order valence-electron chi connectivity index (χ0n) is 7.43. The fraction of sp³-hybridized carbons (Fsp3) is 0.222. The summed E-state index contributed by atoms with van der Waals surface area (Å²) in [4.78, 5) is 11.1. The molecule has 1 aromatic carbocycles. The van der Waals surface area contributed by atoms with E-state index >= 15 is 0 Å². The standard InChI is InChI=1S/C9H10BrNO2/c1-5(12)6-3-4-7(10)9(13-2)8(6)11/h3-4H,11H2,1-2H3. The van der Waals surface area contributed by atoms with E-state index in [1.54, 1.807) is 12.1 Å². The first kappa shape index (κ1) is 10.1. The molecule has 0 aliphatic rings. The molecule has 0 aliphatic carbocycles. The van der Waals surface area contributed by atoms with Gasteiger partial charge in [0.05, 0.1) is 17.3 Å². The van der Waals surface area contributed by atoms with Crippen molar-refractivity contribution in [2.45, 2.75) is 6.92 Å². The molecule has 0 atom stereocenters. The van der Waals surface area contributed by atoms with Gasteiger partial charge in [0.2, 0.25) is 0 Å². The zero-order valence-corrected chi connectivity index (χ0v) is 9.01. The number of Topliss-reactive ketones (excluding diaryl/α,β-unsaturated/α-hetero) is 1. The third kappa shape index (κ3) is 1.83. The molecular weight excluding hydrogens is 234 g/mol. The number of hydrogen-bond donors (Lipinski definition) is 1. The third-order valence-electron chi connectivity index (χ3n) is 1.73. The molecular formula is C9H10BrNO2. The average Bonchev–Trinajstić information content (AvgIpc) is 2.04. The van der Waals surface area contributed by atoms with Crippen molar-refractivity contribution >= 4 is 27.4 Å². The van der Waals surface area contributed by atoms with Crippen molar-refractivity contribution in [2.24, 2.45) is 0 Å². The minimum atomic E-state index is -0.0664. The Balaban J connectivity index is 3.35. The van der Waals surface area contributed by atoms with E-state index in [0.29, 0.717) is 17.0 Å². The molecule has 13 heavy (non-hydrogen) atoms. The first-order valence-corrected chi connectivity index (χ1v) is 4.50. The van der Waals surface area contributed by atoms with Crippen molar-refractivity contribution < 1.29 is 9.53 Å². The molecule has 0 aromatic heterocycles. The largest absolute Gasteiger partial charge is 0.493 e. The number of ether oxygens (including phenoxy) is 1. The van der Waals surface area contributed by atoms with Crippen molar-refractivity contribution in [3.05, 3.63) is 22.2 Å². The van der Waals surface area contributed by atoms with Crippen molar-refractivity contribution in [2.75, 3.05) is 12.8 Å². The number of rotatable bonds is 2. The predicted octanol–water partition coefficient (Wildman–Crippen LogP) is 2.24. The molecule has 3 nitrogen and oxygen atoms in total. The quantitative estimate of drug-likeness (QED) is 0.641. The molecule has 1 rings (SSSR count). The highest BCUT2D eigenvalue weighted by atomic mass is 79.9. The molecule has 0 saturated heterocycles. The topological polar surface area (TPSA) is 52.3 Å². The van der Waals surface area contributed by atoms with E-state index in [9.17, 15) is 4.79 Å². The fourth-order valence-electron chi connectivity index (χ4n) is 1.09. The highest BCUT2D eigenvalue weighted by molar-refractivity contribution is 9.10. The number of carbonyl (C=O) groups is 1. The van der Waals surface area contributed by atoms with Crippen LogP contribution in [-0.2, 0) is 0 Å². The second-order valence-electron chi connectivity index (χ2n) is 2.60. The number of methoxy groups -OCH3 is 1. The Morgan fingerprint density at radius 3 is 2.62 bits per heavy atom. The molecule has 0 aliphatic heterocycles. The number of nitrogen functional groups attached to an aromatic ring is 1. The van der Waals surface area contributed by atoms with Gasteiger partial charge in [-0.3, -0.25) is 4.79 Å². The summed E-state index contributed by atoms with van der Waals surface area (Å²) in [5.41, 5.74) is 6.58. The Bertz CT molecular complexity index is 350. The number of benzene rings is 1. The first-order valence-electron chi connectivity index (χ1n) is 3.70. The fourth-order valence-corrected chi connectivity index (χ4v) is 1.60. The van der Waals surface area contributed by atoms with Crippen LogP contribution in [0.1, 0.15) is 17.3 Å². The molecule has 0 amide bonds. The predicted molar refractivity (Wildman–Crippen MR) is 55.1 cm³/mol. The lowest BCUT2D eigenvalue weighted by molar-refractivity contribution is 0.101. The molecule has 2 N–H and O–H groups in total. The van der Waals surface area contributed by atoms with Crippen LogP contribution in [0, 0.1) is 0 Å². The summed E-state index contributed by atoms with van der Waals surface area (Å²) in [6.45, 7) is 1.47. The second kappa shape index (κ2) is 3.79. The van der Waals surface area contributed by atoms with Crippen molar-refractivity contribution in [1.82, 2.24) is 0 Å². The SMILES string of the molecule is COc1c(Br)ccc(C(C)=O)c1N. The maximum Gasteiger partial charge on any atom is 0.162 e. The number of anilines is 1. The van der Waals surface area contributed by atoms with Gasteiger partial charge in [-0.1, -0.05) is 0 Å². The van der Waals surface area contributed by atoms with Crippen LogP contribution in [0.15, 0.2) is 16.6 Å². The lowest BCUT2D eigenvalue weighted by atomic mass is 10.1. The number of halogens is 1. The van der Waals surface area contributed by atoms with Gasteiger partial charge in [0.25, 0.3) is 0 Å². The third-order valence-corrected chi connectivity index (χ3v) is 2.36. The summed E-state index contributed by atoms with van der Waals surface area (Å²) in [5, 5.41) is 0. The Labute approximate surface area is 85.0 Å². The lowest BCUT2D eigenvalue weighted by Gasteiger charge is -2.09. The zero-order chi connectivity index (χ0) is 10.0. The van der Waals surface area contributed by atoms with E-state index in [1.165, 1.54) is 14.0 Å². The minimum absolute atomic E-state index is 0.0664. The molecule has 0 bridgehead atoms. The Morgan fingerprint density at radius 1 is 1.54 bits per heavy atom. The summed E-state index contributed by atoms with van der Waals surface area (Å²) in [6, 6.07) is 3.41. The molecule has 0 spiro atoms. The monoisotopic (exact) mass is 243 g/mol. The van der Waals surface area contributed by atoms with Crippen LogP contribution in [0.3, 0.4) is 0 Å². The molecule has 4 heteroatoms. The van der Waals surface area contributed by atoms with Crippen LogP contribution >= 0.6 is 15.9 Å².